The molecule has 1 atom stereocenters. The monoisotopic (exact) mass is 271 g/mol. The summed E-state index contributed by atoms with van der Waals surface area (Å²) in [6.07, 6.45) is 2.58. The van der Waals surface area contributed by atoms with Gasteiger partial charge in [0.15, 0.2) is 0 Å². The van der Waals surface area contributed by atoms with Crippen molar-refractivity contribution in [3.8, 4) is 0 Å². The SMILES string of the molecule is CC1CCN([C@@H](C)c2cc(Cl)cc(Cl)c2)CC1. The molecular weight excluding hydrogens is 253 g/mol. The number of piperidine rings is 1. The number of halogens is 2. The molecule has 1 aliphatic heterocycles. The van der Waals surface area contributed by atoms with Crippen molar-refractivity contribution in [3.05, 3.63) is 33.8 Å². The maximum absolute atomic E-state index is 6.05. The summed E-state index contributed by atoms with van der Waals surface area (Å²) in [4.78, 5) is 2.52. The molecule has 0 bridgehead atoms. The van der Waals surface area contributed by atoms with Gasteiger partial charge in [-0.2, -0.15) is 0 Å². The fourth-order valence-electron chi connectivity index (χ4n) is 2.44. The smallest absolute Gasteiger partial charge is 0.0424 e. The van der Waals surface area contributed by atoms with Crippen molar-refractivity contribution in [2.45, 2.75) is 32.7 Å². The molecule has 0 aromatic heterocycles. The van der Waals surface area contributed by atoms with Gasteiger partial charge in [0.05, 0.1) is 0 Å². The van der Waals surface area contributed by atoms with Gasteiger partial charge in [-0.3, -0.25) is 4.90 Å². The molecular formula is C14H19Cl2N. The highest BCUT2D eigenvalue weighted by Crippen LogP contribution is 2.29. The van der Waals surface area contributed by atoms with Crippen molar-refractivity contribution in [3.63, 3.8) is 0 Å². The number of benzene rings is 1. The summed E-state index contributed by atoms with van der Waals surface area (Å²) in [5.41, 5.74) is 1.22. The number of likely N-dealkylation sites (tertiary alicyclic amines) is 1. The molecule has 0 saturated carbocycles. The summed E-state index contributed by atoms with van der Waals surface area (Å²) < 4.78 is 0. The Bertz CT molecular complexity index is 364. The Labute approximate surface area is 114 Å². The van der Waals surface area contributed by atoms with Crippen molar-refractivity contribution in [1.82, 2.24) is 4.90 Å². The van der Waals surface area contributed by atoms with Crippen LogP contribution in [0.1, 0.15) is 38.3 Å². The molecule has 1 aliphatic rings. The standard InChI is InChI=1S/C14H19Cl2N/c1-10-3-5-17(6-4-10)11(2)12-7-13(15)9-14(16)8-12/h7-11H,3-6H2,1-2H3/t11-/m0/s1. The highest BCUT2D eigenvalue weighted by atomic mass is 35.5. The van der Waals surface area contributed by atoms with Gasteiger partial charge in [0.2, 0.25) is 0 Å². The molecule has 1 saturated heterocycles. The Morgan fingerprint density at radius 3 is 2.18 bits per heavy atom. The quantitative estimate of drug-likeness (QED) is 0.748. The maximum atomic E-state index is 6.05. The minimum absolute atomic E-state index is 0.402. The Morgan fingerprint density at radius 1 is 1.12 bits per heavy atom. The summed E-state index contributed by atoms with van der Waals surface area (Å²) in [5.74, 6) is 0.862. The molecule has 1 fully saturated rings. The Hall–Kier alpha value is -0.240. The van der Waals surface area contributed by atoms with E-state index in [9.17, 15) is 0 Å². The zero-order valence-electron chi connectivity index (χ0n) is 10.4. The van der Waals surface area contributed by atoms with Crippen LogP contribution in [0.2, 0.25) is 10.0 Å². The Morgan fingerprint density at radius 2 is 1.65 bits per heavy atom. The van der Waals surface area contributed by atoms with Crippen LogP contribution in [0.25, 0.3) is 0 Å². The van der Waals surface area contributed by atoms with E-state index in [1.807, 2.05) is 12.1 Å². The lowest BCUT2D eigenvalue weighted by molar-refractivity contribution is 0.147. The van der Waals surface area contributed by atoms with E-state index in [1.165, 1.54) is 31.5 Å². The van der Waals surface area contributed by atoms with Gasteiger partial charge in [-0.05, 0) is 62.5 Å². The van der Waals surface area contributed by atoms with Crippen LogP contribution in [-0.4, -0.2) is 18.0 Å². The van der Waals surface area contributed by atoms with Crippen molar-refractivity contribution in [2.24, 2.45) is 5.92 Å². The minimum Gasteiger partial charge on any atom is -0.297 e. The van der Waals surface area contributed by atoms with Gasteiger partial charge in [0.25, 0.3) is 0 Å². The second kappa shape index (κ2) is 5.60. The lowest BCUT2D eigenvalue weighted by atomic mass is 9.96. The molecule has 94 valence electrons. The first-order valence-corrected chi connectivity index (χ1v) is 7.02. The zero-order valence-corrected chi connectivity index (χ0v) is 11.9. The summed E-state index contributed by atoms with van der Waals surface area (Å²) in [7, 11) is 0. The highest BCUT2D eigenvalue weighted by Gasteiger charge is 2.21. The fraction of sp³-hybridized carbons (Fsp3) is 0.571. The number of hydrogen-bond donors (Lipinski definition) is 0. The van der Waals surface area contributed by atoms with Gasteiger partial charge >= 0.3 is 0 Å². The van der Waals surface area contributed by atoms with E-state index in [0.717, 1.165) is 16.0 Å². The summed E-state index contributed by atoms with van der Waals surface area (Å²) >= 11 is 12.1. The van der Waals surface area contributed by atoms with Gasteiger partial charge < -0.3 is 0 Å². The van der Waals surface area contributed by atoms with Gasteiger partial charge in [0.1, 0.15) is 0 Å². The average molecular weight is 272 g/mol. The molecule has 0 unspecified atom stereocenters. The zero-order chi connectivity index (χ0) is 12.4. The first-order chi connectivity index (χ1) is 8.06. The molecule has 0 amide bonds. The van der Waals surface area contributed by atoms with E-state index >= 15 is 0 Å². The van der Waals surface area contributed by atoms with Crippen LogP contribution >= 0.6 is 23.2 Å². The van der Waals surface area contributed by atoms with Crippen LogP contribution in [0.3, 0.4) is 0 Å². The molecule has 3 heteroatoms. The van der Waals surface area contributed by atoms with E-state index in [1.54, 1.807) is 6.07 Å². The van der Waals surface area contributed by atoms with E-state index in [2.05, 4.69) is 18.7 Å². The van der Waals surface area contributed by atoms with E-state index in [4.69, 9.17) is 23.2 Å². The fourth-order valence-corrected chi connectivity index (χ4v) is 2.99. The van der Waals surface area contributed by atoms with Crippen molar-refractivity contribution in [1.29, 1.82) is 0 Å². The molecule has 2 rings (SSSR count). The third-order valence-corrected chi connectivity index (χ3v) is 4.17. The highest BCUT2D eigenvalue weighted by molar-refractivity contribution is 6.34. The number of nitrogens with zero attached hydrogens (tertiary/aromatic N) is 1. The topological polar surface area (TPSA) is 3.24 Å². The summed E-state index contributed by atoms with van der Waals surface area (Å²) in [6.45, 7) is 6.91. The largest absolute Gasteiger partial charge is 0.297 e. The average Bonchev–Trinajstić information content (AvgIpc) is 2.28. The molecule has 0 aliphatic carbocycles. The van der Waals surface area contributed by atoms with Crippen molar-refractivity contribution < 1.29 is 0 Å². The summed E-state index contributed by atoms with van der Waals surface area (Å²) in [6, 6.07) is 6.24. The molecule has 0 spiro atoms. The summed E-state index contributed by atoms with van der Waals surface area (Å²) in [5, 5.41) is 1.45. The molecule has 1 heterocycles. The predicted octanol–water partition coefficient (Wildman–Crippen LogP) is 4.79. The maximum Gasteiger partial charge on any atom is 0.0424 e. The second-order valence-electron chi connectivity index (χ2n) is 5.10. The second-order valence-corrected chi connectivity index (χ2v) is 5.97. The van der Waals surface area contributed by atoms with Crippen LogP contribution < -0.4 is 0 Å². The van der Waals surface area contributed by atoms with Crippen LogP contribution in [0.5, 0.6) is 0 Å². The number of rotatable bonds is 2. The third kappa shape index (κ3) is 3.37. The van der Waals surface area contributed by atoms with Crippen molar-refractivity contribution in [2.75, 3.05) is 13.1 Å². The van der Waals surface area contributed by atoms with Crippen LogP contribution in [0.4, 0.5) is 0 Å². The normalized spacial score (nSPS) is 20.5. The van der Waals surface area contributed by atoms with Gasteiger partial charge in [-0.1, -0.05) is 30.1 Å². The van der Waals surface area contributed by atoms with Crippen molar-refractivity contribution >= 4 is 23.2 Å². The number of hydrogen-bond acceptors (Lipinski definition) is 1. The van der Waals surface area contributed by atoms with E-state index < -0.39 is 0 Å². The molecule has 0 radical (unpaired) electrons. The van der Waals surface area contributed by atoms with Gasteiger partial charge in [0, 0.05) is 16.1 Å². The van der Waals surface area contributed by atoms with Gasteiger partial charge in [-0.25, -0.2) is 0 Å². The Kier molecular flexibility index (Phi) is 4.35. The third-order valence-electron chi connectivity index (χ3n) is 3.73. The molecule has 1 aromatic carbocycles. The molecule has 1 nitrogen and oxygen atoms in total. The van der Waals surface area contributed by atoms with Crippen LogP contribution in [-0.2, 0) is 0 Å². The molecule has 1 aromatic rings. The first kappa shape index (κ1) is 13.2. The van der Waals surface area contributed by atoms with Crippen LogP contribution in [0.15, 0.2) is 18.2 Å². The minimum atomic E-state index is 0.402. The van der Waals surface area contributed by atoms with E-state index in [0.29, 0.717) is 6.04 Å². The lowest BCUT2D eigenvalue weighted by Crippen LogP contribution is -2.34. The van der Waals surface area contributed by atoms with Gasteiger partial charge in [-0.15, -0.1) is 0 Å². The molecule has 0 N–H and O–H groups in total. The lowest BCUT2D eigenvalue weighted by Gasteiger charge is -2.35. The van der Waals surface area contributed by atoms with E-state index in [-0.39, 0.29) is 0 Å². The first-order valence-electron chi connectivity index (χ1n) is 6.26. The van der Waals surface area contributed by atoms with Crippen LogP contribution in [0, 0.1) is 5.92 Å². The predicted molar refractivity (Wildman–Crippen MR) is 74.8 cm³/mol. The molecule has 17 heavy (non-hydrogen) atoms. The Balaban J connectivity index is 2.10.